The Morgan fingerprint density at radius 2 is 2.10 bits per heavy atom. The van der Waals surface area contributed by atoms with Gasteiger partial charge in [0, 0.05) is 4.88 Å². The molecule has 1 unspecified atom stereocenters. The summed E-state index contributed by atoms with van der Waals surface area (Å²) < 4.78 is 5.54. The molecule has 0 aliphatic heterocycles. The number of nitrogens with zero attached hydrogens (tertiary/aromatic N) is 1. The second kappa shape index (κ2) is 9.59. The predicted octanol–water partition coefficient (Wildman–Crippen LogP) is 4.31. The Bertz CT molecular complexity index is 1020. The molecule has 0 fully saturated rings. The highest BCUT2D eigenvalue weighted by molar-refractivity contribution is 7.17. The minimum atomic E-state index is -0.557. The highest BCUT2D eigenvalue weighted by atomic mass is 32.1. The van der Waals surface area contributed by atoms with Crippen molar-refractivity contribution in [1.82, 2.24) is 0 Å². The van der Waals surface area contributed by atoms with Gasteiger partial charge in [-0.3, -0.25) is 9.59 Å². The van der Waals surface area contributed by atoms with Crippen molar-refractivity contribution in [1.29, 1.82) is 5.26 Å². The van der Waals surface area contributed by atoms with E-state index in [0.717, 1.165) is 41.9 Å². The first-order valence-electron chi connectivity index (χ1n) is 10.0. The number of anilines is 1. The summed E-state index contributed by atoms with van der Waals surface area (Å²) in [5, 5.41) is 12.7. The summed E-state index contributed by atoms with van der Waals surface area (Å²) in [6.07, 6.45) is 5.05. The third-order valence-corrected chi connectivity index (χ3v) is 6.18. The van der Waals surface area contributed by atoms with E-state index in [-0.39, 0.29) is 5.57 Å². The Labute approximate surface area is 180 Å². The lowest BCUT2D eigenvalue weighted by Gasteiger charge is -2.18. The number of thiophene rings is 1. The molecule has 156 valence electrons. The lowest BCUT2D eigenvalue weighted by atomic mass is 9.88. The third kappa shape index (κ3) is 4.89. The van der Waals surface area contributed by atoms with Crippen molar-refractivity contribution in [2.75, 3.05) is 11.9 Å². The van der Waals surface area contributed by atoms with E-state index in [9.17, 15) is 14.9 Å². The molecule has 0 radical (unpaired) electrons. The molecule has 1 aliphatic rings. The standard InChI is InChI=1S/C23H25N3O3S/c1-3-10-29-17-7-5-15(6-8-17)12-16(13-24)22(28)26-23-20(21(25)27)18-9-4-14(2)11-19(18)30-23/h5-8,12,14H,3-4,9-11H2,1-2H3,(H2,25,27)(H,26,28). The zero-order valence-corrected chi connectivity index (χ0v) is 18.0. The number of primary amides is 1. The number of ether oxygens (including phenoxy) is 1. The molecule has 30 heavy (non-hydrogen) atoms. The Balaban J connectivity index is 1.81. The van der Waals surface area contributed by atoms with Crippen LogP contribution in [0.5, 0.6) is 5.75 Å². The molecule has 1 aromatic carbocycles. The Hall–Kier alpha value is -3.11. The quantitative estimate of drug-likeness (QED) is 0.511. The maximum atomic E-state index is 12.7. The normalized spacial score (nSPS) is 15.8. The van der Waals surface area contributed by atoms with Gasteiger partial charge in [-0.1, -0.05) is 26.0 Å². The van der Waals surface area contributed by atoms with E-state index in [2.05, 4.69) is 12.2 Å². The molecular weight excluding hydrogens is 398 g/mol. The van der Waals surface area contributed by atoms with Gasteiger partial charge in [0.1, 0.15) is 22.4 Å². The number of fused-ring (bicyclic) bond motifs is 1. The SMILES string of the molecule is CCCOc1ccc(C=C(C#N)C(=O)Nc2sc3c(c2C(N)=O)CCC(C)C3)cc1. The van der Waals surface area contributed by atoms with Gasteiger partial charge in [0.25, 0.3) is 11.8 Å². The molecule has 0 saturated heterocycles. The van der Waals surface area contributed by atoms with Crippen molar-refractivity contribution < 1.29 is 14.3 Å². The molecule has 1 aliphatic carbocycles. The van der Waals surface area contributed by atoms with Gasteiger partial charge in [0.15, 0.2) is 0 Å². The van der Waals surface area contributed by atoms with Gasteiger partial charge in [-0.25, -0.2) is 0 Å². The van der Waals surface area contributed by atoms with Crippen molar-refractivity contribution in [3.8, 4) is 11.8 Å². The molecule has 0 bridgehead atoms. The van der Waals surface area contributed by atoms with Crippen LogP contribution in [0, 0.1) is 17.2 Å². The van der Waals surface area contributed by atoms with Crippen LogP contribution in [0.3, 0.4) is 0 Å². The van der Waals surface area contributed by atoms with Gasteiger partial charge >= 0.3 is 0 Å². The number of nitrogens with one attached hydrogen (secondary N) is 1. The first-order chi connectivity index (χ1) is 14.4. The summed E-state index contributed by atoms with van der Waals surface area (Å²) in [7, 11) is 0. The monoisotopic (exact) mass is 423 g/mol. The van der Waals surface area contributed by atoms with Gasteiger partial charge in [-0.05, 0) is 60.9 Å². The van der Waals surface area contributed by atoms with Gasteiger partial charge in [-0.15, -0.1) is 11.3 Å². The summed E-state index contributed by atoms with van der Waals surface area (Å²) in [6.45, 7) is 4.83. The topological polar surface area (TPSA) is 105 Å². The van der Waals surface area contributed by atoms with Crippen LogP contribution in [-0.4, -0.2) is 18.4 Å². The molecule has 0 spiro atoms. The Morgan fingerprint density at radius 3 is 2.73 bits per heavy atom. The molecule has 3 N–H and O–H groups in total. The summed E-state index contributed by atoms with van der Waals surface area (Å²) in [4.78, 5) is 25.9. The van der Waals surface area contributed by atoms with Crippen LogP contribution < -0.4 is 15.8 Å². The van der Waals surface area contributed by atoms with E-state index in [1.807, 2.05) is 13.0 Å². The Morgan fingerprint density at radius 1 is 1.37 bits per heavy atom. The number of nitrogens with two attached hydrogens (primary N) is 1. The molecule has 0 saturated carbocycles. The van der Waals surface area contributed by atoms with Crippen LogP contribution in [0.15, 0.2) is 29.8 Å². The first-order valence-corrected chi connectivity index (χ1v) is 10.8. The average Bonchev–Trinajstić information content (AvgIpc) is 3.08. The number of benzene rings is 1. The molecule has 3 rings (SSSR count). The molecule has 2 aromatic rings. The predicted molar refractivity (Wildman–Crippen MR) is 118 cm³/mol. The number of rotatable bonds is 7. The highest BCUT2D eigenvalue weighted by Gasteiger charge is 2.27. The number of carbonyl (C=O) groups is 2. The minimum Gasteiger partial charge on any atom is -0.494 e. The zero-order valence-electron chi connectivity index (χ0n) is 17.2. The summed E-state index contributed by atoms with van der Waals surface area (Å²) in [6, 6.07) is 9.12. The van der Waals surface area contributed by atoms with Crippen LogP contribution >= 0.6 is 11.3 Å². The average molecular weight is 424 g/mol. The number of amides is 2. The Kier molecular flexibility index (Phi) is 6.91. The third-order valence-electron chi connectivity index (χ3n) is 5.01. The number of hydrogen-bond acceptors (Lipinski definition) is 5. The van der Waals surface area contributed by atoms with Crippen LogP contribution in [-0.2, 0) is 17.6 Å². The van der Waals surface area contributed by atoms with Crippen LogP contribution in [0.4, 0.5) is 5.00 Å². The number of carbonyl (C=O) groups excluding carboxylic acids is 2. The van der Waals surface area contributed by atoms with Gasteiger partial charge < -0.3 is 15.8 Å². The maximum absolute atomic E-state index is 12.7. The lowest BCUT2D eigenvalue weighted by Crippen LogP contribution is -2.19. The molecule has 7 heteroatoms. The van der Waals surface area contributed by atoms with E-state index in [1.165, 1.54) is 17.4 Å². The van der Waals surface area contributed by atoms with E-state index in [0.29, 0.717) is 28.7 Å². The summed E-state index contributed by atoms with van der Waals surface area (Å²) in [5.41, 5.74) is 7.57. The highest BCUT2D eigenvalue weighted by Crippen LogP contribution is 2.39. The van der Waals surface area contributed by atoms with E-state index in [4.69, 9.17) is 10.5 Å². The zero-order chi connectivity index (χ0) is 21.7. The van der Waals surface area contributed by atoms with Crippen molar-refractivity contribution in [3.63, 3.8) is 0 Å². The fraction of sp³-hybridized carbons (Fsp3) is 0.348. The minimum absolute atomic E-state index is 0.0487. The second-order valence-electron chi connectivity index (χ2n) is 7.46. The van der Waals surface area contributed by atoms with Gasteiger partial charge in [-0.2, -0.15) is 5.26 Å². The van der Waals surface area contributed by atoms with E-state index >= 15 is 0 Å². The summed E-state index contributed by atoms with van der Waals surface area (Å²) in [5.74, 6) is 0.154. The molecule has 6 nitrogen and oxygen atoms in total. The number of hydrogen-bond donors (Lipinski definition) is 2. The molecule has 1 aromatic heterocycles. The first kappa shape index (κ1) is 21.6. The van der Waals surface area contributed by atoms with Crippen LogP contribution in [0.25, 0.3) is 6.08 Å². The second-order valence-corrected chi connectivity index (χ2v) is 8.57. The number of nitriles is 1. The molecule has 1 atom stereocenters. The fourth-order valence-electron chi connectivity index (χ4n) is 3.47. The van der Waals surface area contributed by atoms with Gasteiger partial charge in [0.05, 0.1) is 12.2 Å². The maximum Gasteiger partial charge on any atom is 0.266 e. The van der Waals surface area contributed by atoms with Gasteiger partial charge in [0.2, 0.25) is 0 Å². The van der Waals surface area contributed by atoms with E-state index < -0.39 is 11.8 Å². The largest absolute Gasteiger partial charge is 0.494 e. The van der Waals surface area contributed by atoms with Crippen molar-refractivity contribution in [2.24, 2.45) is 11.7 Å². The van der Waals surface area contributed by atoms with E-state index in [1.54, 1.807) is 24.3 Å². The smallest absolute Gasteiger partial charge is 0.266 e. The van der Waals surface area contributed by atoms with Crippen molar-refractivity contribution in [2.45, 2.75) is 39.5 Å². The fourth-order valence-corrected chi connectivity index (χ4v) is 4.88. The van der Waals surface area contributed by atoms with Crippen molar-refractivity contribution >= 4 is 34.2 Å². The lowest BCUT2D eigenvalue weighted by molar-refractivity contribution is -0.112. The molecular formula is C23H25N3O3S. The van der Waals surface area contributed by atoms with Crippen molar-refractivity contribution in [3.05, 3.63) is 51.4 Å². The van der Waals surface area contributed by atoms with Crippen LogP contribution in [0.1, 0.15) is 53.1 Å². The molecule has 1 heterocycles. The molecule has 2 amide bonds. The summed E-state index contributed by atoms with van der Waals surface area (Å²) >= 11 is 1.38. The van der Waals surface area contributed by atoms with Crippen LogP contribution in [0.2, 0.25) is 0 Å².